The third-order valence-corrected chi connectivity index (χ3v) is 3.88. The van der Waals surface area contributed by atoms with Crippen molar-refractivity contribution < 1.29 is 9.53 Å². The third-order valence-electron chi connectivity index (χ3n) is 3.88. The van der Waals surface area contributed by atoms with Crippen molar-refractivity contribution in [1.82, 2.24) is 4.90 Å². The van der Waals surface area contributed by atoms with Gasteiger partial charge in [-0.2, -0.15) is 0 Å². The van der Waals surface area contributed by atoms with Gasteiger partial charge in [0, 0.05) is 19.2 Å². The number of ether oxygens (including phenoxy) is 1. The molecule has 3 atom stereocenters. The second-order valence-electron chi connectivity index (χ2n) is 5.44. The molecule has 0 bridgehead atoms. The Labute approximate surface area is 97.1 Å². The Morgan fingerprint density at radius 3 is 2.81 bits per heavy atom. The van der Waals surface area contributed by atoms with Crippen LogP contribution in [-0.4, -0.2) is 42.1 Å². The zero-order chi connectivity index (χ0) is 11.8. The Hall–Kier alpha value is -0.610. The van der Waals surface area contributed by atoms with Crippen molar-refractivity contribution in [2.45, 2.75) is 44.7 Å². The highest BCUT2D eigenvalue weighted by Crippen LogP contribution is 2.26. The molecular formula is C12H22N2O2. The number of hydrogen-bond donors (Lipinski definition) is 1. The largest absolute Gasteiger partial charge is 0.379 e. The molecule has 2 heterocycles. The van der Waals surface area contributed by atoms with Gasteiger partial charge in [-0.25, -0.2) is 0 Å². The van der Waals surface area contributed by atoms with Crippen molar-refractivity contribution in [3.63, 3.8) is 0 Å². The Morgan fingerprint density at radius 1 is 1.50 bits per heavy atom. The van der Waals surface area contributed by atoms with E-state index >= 15 is 0 Å². The minimum absolute atomic E-state index is 0.0874. The zero-order valence-electron chi connectivity index (χ0n) is 10.2. The minimum atomic E-state index is -0.755. The number of rotatable bonds is 1. The van der Waals surface area contributed by atoms with E-state index in [0.717, 1.165) is 19.4 Å². The summed E-state index contributed by atoms with van der Waals surface area (Å²) >= 11 is 0. The number of nitrogens with two attached hydrogens (primary N) is 1. The quantitative estimate of drug-likeness (QED) is 0.718. The molecule has 4 nitrogen and oxygen atoms in total. The van der Waals surface area contributed by atoms with Crippen molar-refractivity contribution in [2.24, 2.45) is 11.7 Å². The lowest BCUT2D eigenvalue weighted by Gasteiger charge is -2.40. The topological polar surface area (TPSA) is 55.6 Å². The van der Waals surface area contributed by atoms with Gasteiger partial charge in [0.25, 0.3) is 0 Å². The molecule has 0 saturated carbocycles. The molecule has 0 aromatic heterocycles. The number of hydrogen-bond acceptors (Lipinski definition) is 3. The lowest BCUT2D eigenvalue weighted by molar-refractivity contribution is -0.141. The summed E-state index contributed by atoms with van der Waals surface area (Å²) in [6, 6.07) is 0.317. The molecule has 0 aliphatic carbocycles. The summed E-state index contributed by atoms with van der Waals surface area (Å²) in [7, 11) is 0. The van der Waals surface area contributed by atoms with Gasteiger partial charge >= 0.3 is 0 Å². The smallest absolute Gasteiger partial charge is 0.245 e. The van der Waals surface area contributed by atoms with Crippen LogP contribution in [0.4, 0.5) is 0 Å². The summed E-state index contributed by atoms with van der Waals surface area (Å²) in [5.74, 6) is 0.803. The average Bonchev–Trinajstić information content (AvgIpc) is 2.66. The van der Waals surface area contributed by atoms with Gasteiger partial charge in [0.2, 0.25) is 5.91 Å². The van der Waals surface area contributed by atoms with E-state index < -0.39 is 5.54 Å². The summed E-state index contributed by atoms with van der Waals surface area (Å²) in [4.78, 5) is 14.3. The van der Waals surface area contributed by atoms with Crippen LogP contribution in [0.2, 0.25) is 0 Å². The molecule has 16 heavy (non-hydrogen) atoms. The monoisotopic (exact) mass is 226 g/mol. The van der Waals surface area contributed by atoms with Crippen LogP contribution >= 0.6 is 0 Å². The maximum Gasteiger partial charge on any atom is 0.245 e. The van der Waals surface area contributed by atoms with E-state index in [1.165, 1.54) is 0 Å². The molecule has 3 unspecified atom stereocenters. The van der Waals surface area contributed by atoms with E-state index in [1.807, 2.05) is 4.90 Å². The summed E-state index contributed by atoms with van der Waals surface area (Å²) < 4.78 is 5.26. The lowest BCUT2D eigenvalue weighted by atomic mass is 9.90. The maximum atomic E-state index is 12.4. The highest BCUT2D eigenvalue weighted by molar-refractivity contribution is 5.87. The van der Waals surface area contributed by atoms with Gasteiger partial charge in [-0.05, 0) is 32.1 Å². The molecule has 2 rings (SSSR count). The molecule has 4 heteroatoms. The highest BCUT2D eigenvalue weighted by Gasteiger charge is 2.43. The van der Waals surface area contributed by atoms with Gasteiger partial charge in [-0.1, -0.05) is 6.92 Å². The predicted molar refractivity (Wildman–Crippen MR) is 61.9 cm³/mol. The Kier molecular flexibility index (Phi) is 3.22. The molecule has 0 aromatic carbocycles. The first-order valence-corrected chi connectivity index (χ1v) is 6.20. The summed E-state index contributed by atoms with van der Waals surface area (Å²) in [6.07, 6.45) is 2.83. The average molecular weight is 226 g/mol. The fourth-order valence-electron chi connectivity index (χ4n) is 2.74. The molecular weight excluding hydrogens is 204 g/mol. The number of amides is 1. The Bertz CT molecular complexity index is 274. The van der Waals surface area contributed by atoms with Gasteiger partial charge in [-0.3, -0.25) is 4.79 Å². The molecule has 2 fully saturated rings. The second kappa shape index (κ2) is 4.34. The van der Waals surface area contributed by atoms with Crippen LogP contribution in [0.1, 0.15) is 33.1 Å². The fraction of sp³-hybridized carbons (Fsp3) is 0.917. The van der Waals surface area contributed by atoms with E-state index in [9.17, 15) is 4.79 Å². The predicted octanol–water partition coefficient (Wildman–Crippen LogP) is 0.751. The number of nitrogens with zero attached hydrogens (tertiary/aromatic N) is 1. The van der Waals surface area contributed by atoms with Crippen molar-refractivity contribution in [3.8, 4) is 0 Å². The lowest BCUT2D eigenvalue weighted by Crippen LogP contribution is -2.59. The highest BCUT2D eigenvalue weighted by atomic mass is 16.5. The maximum absolute atomic E-state index is 12.4. The summed E-state index contributed by atoms with van der Waals surface area (Å²) in [6.45, 7) is 6.20. The van der Waals surface area contributed by atoms with Gasteiger partial charge in [0.05, 0.1) is 6.61 Å². The van der Waals surface area contributed by atoms with Crippen LogP contribution in [0.3, 0.4) is 0 Å². The van der Waals surface area contributed by atoms with Crippen molar-refractivity contribution in [3.05, 3.63) is 0 Å². The van der Waals surface area contributed by atoms with Gasteiger partial charge in [0.1, 0.15) is 5.54 Å². The van der Waals surface area contributed by atoms with Crippen LogP contribution in [0.15, 0.2) is 0 Å². The summed E-state index contributed by atoms with van der Waals surface area (Å²) in [5, 5.41) is 0. The van der Waals surface area contributed by atoms with Crippen LogP contribution in [0.25, 0.3) is 0 Å². The Balaban J connectivity index is 2.04. The number of likely N-dealkylation sites (tertiary alicyclic amines) is 1. The van der Waals surface area contributed by atoms with Crippen molar-refractivity contribution in [2.75, 3.05) is 19.8 Å². The normalized spacial score (nSPS) is 40.1. The molecule has 92 valence electrons. The summed E-state index contributed by atoms with van der Waals surface area (Å²) in [5.41, 5.74) is 5.36. The molecule has 0 radical (unpaired) electrons. The molecule has 2 N–H and O–H groups in total. The van der Waals surface area contributed by atoms with Crippen molar-refractivity contribution in [1.29, 1.82) is 0 Å². The van der Waals surface area contributed by atoms with E-state index in [1.54, 1.807) is 0 Å². The standard InChI is InChI=1S/C12H22N2O2/c1-9-3-5-14(10(2)7-9)11(15)12(13)4-6-16-8-12/h9-10H,3-8,13H2,1-2H3. The van der Waals surface area contributed by atoms with Gasteiger partial charge in [0.15, 0.2) is 0 Å². The first kappa shape index (κ1) is 11.9. The molecule has 2 saturated heterocycles. The number of carbonyl (C=O) groups excluding carboxylic acids is 1. The number of piperidine rings is 1. The van der Waals surface area contributed by atoms with E-state index in [-0.39, 0.29) is 5.91 Å². The van der Waals surface area contributed by atoms with Crippen LogP contribution in [0.5, 0.6) is 0 Å². The van der Waals surface area contributed by atoms with Crippen LogP contribution in [-0.2, 0) is 9.53 Å². The first-order chi connectivity index (χ1) is 7.53. The molecule has 0 spiro atoms. The van der Waals surface area contributed by atoms with Crippen molar-refractivity contribution >= 4 is 5.91 Å². The van der Waals surface area contributed by atoms with E-state index in [4.69, 9.17) is 10.5 Å². The van der Waals surface area contributed by atoms with Gasteiger partial charge < -0.3 is 15.4 Å². The van der Waals surface area contributed by atoms with E-state index in [0.29, 0.717) is 31.6 Å². The fourth-order valence-corrected chi connectivity index (χ4v) is 2.74. The first-order valence-electron chi connectivity index (χ1n) is 6.20. The third kappa shape index (κ3) is 2.09. The minimum Gasteiger partial charge on any atom is -0.379 e. The zero-order valence-corrected chi connectivity index (χ0v) is 10.2. The van der Waals surface area contributed by atoms with Crippen LogP contribution < -0.4 is 5.73 Å². The van der Waals surface area contributed by atoms with Crippen LogP contribution in [0, 0.1) is 5.92 Å². The SMILES string of the molecule is CC1CCN(C(=O)C2(N)CCOC2)C(C)C1. The van der Waals surface area contributed by atoms with Gasteiger partial charge in [-0.15, -0.1) is 0 Å². The molecule has 2 aliphatic heterocycles. The Morgan fingerprint density at radius 2 is 2.25 bits per heavy atom. The second-order valence-corrected chi connectivity index (χ2v) is 5.44. The number of carbonyl (C=O) groups is 1. The molecule has 2 aliphatic rings. The molecule has 0 aromatic rings. The molecule has 1 amide bonds. The van der Waals surface area contributed by atoms with E-state index in [2.05, 4.69) is 13.8 Å².